The minimum atomic E-state index is -0.152. The van der Waals surface area contributed by atoms with E-state index < -0.39 is 0 Å². The molecule has 0 bridgehead atoms. The summed E-state index contributed by atoms with van der Waals surface area (Å²) in [5, 5.41) is 3.01. The van der Waals surface area contributed by atoms with Crippen LogP contribution in [0.5, 0.6) is 11.5 Å². The molecule has 128 valence electrons. The van der Waals surface area contributed by atoms with Gasteiger partial charge >= 0.3 is 0 Å². The van der Waals surface area contributed by atoms with Gasteiger partial charge in [-0.05, 0) is 42.8 Å². The average molecular weight is 328 g/mol. The second-order valence-corrected chi connectivity index (χ2v) is 5.75. The van der Waals surface area contributed by atoms with Crippen LogP contribution in [0.25, 0.3) is 0 Å². The minimum absolute atomic E-state index is 0.110. The fraction of sp³-hybridized carbons (Fsp3) is 0.316. The number of carbonyl (C=O) groups excluding carboxylic acids is 1. The van der Waals surface area contributed by atoms with Crippen LogP contribution in [-0.2, 0) is 0 Å². The summed E-state index contributed by atoms with van der Waals surface area (Å²) in [6.07, 6.45) is 0. The standard InChI is InChI=1S/C19H24N2O3/c1-13(14-9-10-17(23-4)18(12-14)24-5)20-19(22)15-7-6-8-16(11-15)21(2)3/h6-13H,1-5H3,(H,20,22). The van der Waals surface area contributed by atoms with E-state index in [0.717, 1.165) is 11.3 Å². The minimum Gasteiger partial charge on any atom is -0.493 e. The number of hydrogen-bond acceptors (Lipinski definition) is 4. The highest BCUT2D eigenvalue weighted by molar-refractivity contribution is 5.95. The molecule has 2 aromatic carbocycles. The van der Waals surface area contributed by atoms with Crippen LogP contribution >= 0.6 is 0 Å². The summed E-state index contributed by atoms with van der Waals surface area (Å²) in [5.74, 6) is 1.20. The van der Waals surface area contributed by atoms with Crippen molar-refractivity contribution in [2.75, 3.05) is 33.2 Å². The van der Waals surface area contributed by atoms with Crippen molar-refractivity contribution in [3.63, 3.8) is 0 Å². The van der Waals surface area contributed by atoms with Gasteiger partial charge in [0.2, 0.25) is 0 Å². The zero-order valence-corrected chi connectivity index (χ0v) is 14.8. The number of rotatable bonds is 6. The van der Waals surface area contributed by atoms with Crippen molar-refractivity contribution in [3.05, 3.63) is 53.6 Å². The van der Waals surface area contributed by atoms with E-state index in [9.17, 15) is 4.79 Å². The van der Waals surface area contributed by atoms with Gasteiger partial charge in [0.15, 0.2) is 11.5 Å². The molecule has 2 aromatic rings. The van der Waals surface area contributed by atoms with Gasteiger partial charge in [-0.25, -0.2) is 0 Å². The third-order valence-electron chi connectivity index (χ3n) is 3.88. The van der Waals surface area contributed by atoms with E-state index in [4.69, 9.17) is 9.47 Å². The Morgan fingerprint density at radius 3 is 2.38 bits per heavy atom. The quantitative estimate of drug-likeness (QED) is 0.884. The molecule has 0 aliphatic heterocycles. The fourth-order valence-corrected chi connectivity index (χ4v) is 2.41. The third-order valence-corrected chi connectivity index (χ3v) is 3.88. The fourth-order valence-electron chi connectivity index (χ4n) is 2.41. The van der Waals surface area contributed by atoms with Crippen molar-refractivity contribution < 1.29 is 14.3 Å². The smallest absolute Gasteiger partial charge is 0.251 e. The Labute approximate surface area is 143 Å². The summed E-state index contributed by atoms with van der Waals surface area (Å²) in [5.41, 5.74) is 2.57. The zero-order chi connectivity index (χ0) is 17.7. The molecule has 0 saturated heterocycles. The van der Waals surface area contributed by atoms with E-state index in [1.54, 1.807) is 14.2 Å². The van der Waals surface area contributed by atoms with Gasteiger partial charge in [0.1, 0.15) is 0 Å². The molecule has 0 spiro atoms. The first kappa shape index (κ1) is 17.7. The van der Waals surface area contributed by atoms with Crippen molar-refractivity contribution in [3.8, 4) is 11.5 Å². The summed E-state index contributed by atoms with van der Waals surface area (Å²) in [6, 6.07) is 13.0. The normalized spacial score (nSPS) is 11.5. The van der Waals surface area contributed by atoms with Crippen LogP contribution in [0.2, 0.25) is 0 Å². The van der Waals surface area contributed by atoms with Crippen LogP contribution in [0, 0.1) is 0 Å². The number of carbonyl (C=O) groups is 1. The van der Waals surface area contributed by atoms with Crippen molar-refractivity contribution in [2.24, 2.45) is 0 Å². The molecular weight excluding hydrogens is 304 g/mol. The number of benzene rings is 2. The maximum absolute atomic E-state index is 12.5. The lowest BCUT2D eigenvalue weighted by atomic mass is 10.1. The van der Waals surface area contributed by atoms with E-state index in [-0.39, 0.29) is 11.9 Å². The van der Waals surface area contributed by atoms with Gasteiger partial charge in [-0.15, -0.1) is 0 Å². The Bertz CT molecular complexity index is 714. The molecule has 0 heterocycles. The first-order valence-corrected chi connectivity index (χ1v) is 7.76. The van der Waals surface area contributed by atoms with E-state index in [2.05, 4.69) is 5.32 Å². The van der Waals surface area contributed by atoms with Crippen molar-refractivity contribution in [1.29, 1.82) is 0 Å². The molecule has 0 aliphatic carbocycles. The number of hydrogen-bond donors (Lipinski definition) is 1. The summed E-state index contributed by atoms with van der Waals surface area (Å²) in [6.45, 7) is 1.94. The van der Waals surface area contributed by atoms with Gasteiger partial charge in [0, 0.05) is 25.3 Å². The maximum Gasteiger partial charge on any atom is 0.251 e. The lowest BCUT2D eigenvalue weighted by Gasteiger charge is -2.18. The number of methoxy groups -OCH3 is 2. The van der Waals surface area contributed by atoms with Gasteiger partial charge in [-0.3, -0.25) is 4.79 Å². The lowest BCUT2D eigenvalue weighted by Crippen LogP contribution is -2.26. The predicted octanol–water partition coefficient (Wildman–Crippen LogP) is 3.26. The van der Waals surface area contributed by atoms with Crippen molar-refractivity contribution in [2.45, 2.75) is 13.0 Å². The van der Waals surface area contributed by atoms with Crippen LogP contribution in [0.15, 0.2) is 42.5 Å². The summed E-state index contributed by atoms with van der Waals surface area (Å²) in [7, 11) is 7.09. The maximum atomic E-state index is 12.5. The number of nitrogens with zero attached hydrogens (tertiary/aromatic N) is 1. The Morgan fingerprint density at radius 1 is 1.04 bits per heavy atom. The molecule has 1 unspecified atom stereocenters. The molecule has 1 N–H and O–H groups in total. The van der Waals surface area contributed by atoms with Gasteiger partial charge in [-0.1, -0.05) is 12.1 Å². The van der Waals surface area contributed by atoms with Gasteiger partial charge in [-0.2, -0.15) is 0 Å². The third kappa shape index (κ3) is 3.98. The second kappa shape index (κ2) is 7.73. The monoisotopic (exact) mass is 328 g/mol. The summed E-state index contributed by atoms with van der Waals surface area (Å²) in [4.78, 5) is 14.5. The molecule has 5 nitrogen and oxygen atoms in total. The zero-order valence-electron chi connectivity index (χ0n) is 14.8. The molecule has 1 atom stereocenters. The molecule has 0 aromatic heterocycles. The predicted molar refractivity (Wildman–Crippen MR) is 96.2 cm³/mol. The molecule has 0 saturated carbocycles. The van der Waals surface area contributed by atoms with Crippen molar-refractivity contribution in [1.82, 2.24) is 5.32 Å². The highest BCUT2D eigenvalue weighted by atomic mass is 16.5. The van der Waals surface area contributed by atoms with Crippen LogP contribution in [0.4, 0.5) is 5.69 Å². The number of nitrogens with one attached hydrogen (secondary N) is 1. The Balaban J connectivity index is 2.15. The molecular formula is C19H24N2O3. The highest BCUT2D eigenvalue weighted by Crippen LogP contribution is 2.30. The van der Waals surface area contributed by atoms with Crippen molar-refractivity contribution >= 4 is 11.6 Å². The lowest BCUT2D eigenvalue weighted by molar-refractivity contribution is 0.0940. The molecule has 5 heteroatoms. The average Bonchev–Trinajstić information content (AvgIpc) is 2.60. The number of amides is 1. The van der Waals surface area contributed by atoms with E-state index in [0.29, 0.717) is 17.1 Å². The number of ether oxygens (including phenoxy) is 2. The molecule has 1 amide bonds. The van der Waals surface area contributed by atoms with Crippen LogP contribution < -0.4 is 19.7 Å². The molecule has 0 fully saturated rings. The van der Waals surface area contributed by atoms with Crippen LogP contribution in [0.3, 0.4) is 0 Å². The largest absolute Gasteiger partial charge is 0.493 e. The first-order chi connectivity index (χ1) is 11.5. The summed E-state index contributed by atoms with van der Waals surface area (Å²) >= 11 is 0. The topological polar surface area (TPSA) is 50.8 Å². The van der Waals surface area contributed by atoms with Gasteiger partial charge < -0.3 is 19.7 Å². The van der Waals surface area contributed by atoms with Gasteiger partial charge in [0.25, 0.3) is 5.91 Å². The van der Waals surface area contributed by atoms with Gasteiger partial charge in [0.05, 0.1) is 20.3 Å². The molecule has 0 aliphatic rings. The molecule has 24 heavy (non-hydrogen) atoms. The second-order valence-electron chi connectivity index (χ2n) is 5.75. The Kier molecular flexibility index (Phi) is 5.68. The van der Waals surface area contributed by atoms with E-state index in [1.165, 1.54) is 0 Å². The molecule has 2 rings (SSSR count). The van der Waals surface area contributed by atoms with E-state index >= 15 is 0 Å². The number of anilines is 1. The Hall–Kier alpha value is -2.69. The highest BCUT2D eigenvalue weighted by Gasteiger charge is 2.14. The molecule has 0 radical (unpaired) electrons. The SMILES string of the molecule is COc1ccc(C(C)NC(=O)c2cccc(N(C)C)c2)cc1OC. The van der Waals surface area contributed by atoms with Crippen LogP contribution in [-0.4, -0.2) is 34.2 Å². The summed E-state index contributed by atoms with van der Waals surface area (Å²) < 4.78 is 10.6. The Morgan fingerprint density at radius 2 is 1.75 bits per heavy atom. The van der Waals surface area contributed by atoms with E-state index in [1.807, 2.05) is 68.4 Å². The first-order valence-electron chi connectivity index (χ1n) is 7.76. The van der Waals surface area contributed by atoms with Crippen LogP contribution in [0.1, 0.15) is 28.9 Å².